The number of allylic oxidation sites excluding steroid dienone is 1. The topological polar surface area (TPSA) is 3.24 Å². The molecule has 0 aliphatic heterocycles. The van der Waals surface area contributed by atoms with Gasteiger partial charge in [0.15, 0.2) is 0 Å². The normalized spacial score (nSPS) is 12.0. The molecule has 0 spiro atoms. The molecule has 0 radical (unpaired) electrons. The van der Waals surface area contributed by atoms with Crippen LogP contribution >= 0.6 is 0 Å². The average molecular weight is 336 g/mol. The van der Waals surface area contributed by atoms with E-state index in [1.54, 1.807) is 0 Å². The second-order valence-corrected chi connectivity index (χ2v) is 7.13. The Labute approximate surface area is 154 Å². The summed E-state index contributed by atoms with van der Waals surface area (Å²) in [5.41, 5.74) is 7.80. The molecule has 1 heteroatoms. The monoisotopic (exact) mass is 335 g/mol. The first-order valence-corrected chi connectivity index (χ1v) is 9.59. The van der Waals surface area contributed by atoms with Gasteiger partial charge in [0, 0.05) is 24.7 Å². The van der Waals surface area contributed by atoms with Gasteiger partial charge in [0.05, 0.1) is 0 Å². The molecule has 2 aromatic rings. The summed E-state index contributed by atoms with van der Waals surface area (Å²) in [5.74, 6) is 0.320. The molecule has 134 valence electrons. The maximum atomic E-state index is 4.43. The maximum Gasteiger partial charge on any atom is 0.0372 e. The van der Waals surface area contributed by atoms with Crippen molar-refractivity contribution < 1.29 is 0 Å². The summed E-state index contributed by atoms with van der Waals surface area (Å²) in [4.78, 5) is 2.48. The van der Waals surface area contributed by atoms with Crippen molar-refractivity contribution in [1.29, 1.82) is 0 Å². The molecule has 0 aromatic heterocycles. The van der Waals surface area contributed by atoms with Crippen molar-refractivity contribution in [3.05, 3.63) is 71.3 Å². The van der Waals surface area contributed by atoms with Gasteiger partial charge in [0.1, 0.15) is 0 Å². The molecule has 25 heavy (non-hydrogen) atoms. The number of benzene rings is 2. The molecule has 0 saturated carbocycles. The highest BCUT2D eigenvalue weighted by atomic mass is 15.1. The van der Waals surface area contributed by atoms with Crippen LogP contribution in [0, 0.1) is 13.8 Å². The first-order valence-electron chi connectivity index (χ1n) is 9.59. The van der Waals surface area contributed by atoms with Gasteiger partial charge in [-0.25, -0.2) is 0 Å². The molecule has 0 aliphatic carbocycles. The van der Waals surface area contributed by atoms with Crippen LogP contribution in [0.5, 0.6) is 0 Å². The predicted molar refractivity (Wildman–Crippen MR) is 113 cm³/mol. The fraction of sp³-hybridized carbons (Fsp3) is 0.417. The Morgan fingerprint density at radius 2 is 1.64 bits per heavy atom. The summed E-state index contributed by atoms with van der Waals surface area (Å²) in [7, 11) is 0. The van der Waals surface area contributed by atoms with Crippen LogP contribution < -0.4 is 4.90 Å². The van der Waals surface area contributed by atoms with Gasteiger partial charge in [-0.3, -0.25) is 0 Å². The van der Waals surface area contributed by atoms with Gasteiger partial charge in [0.2, 0.25) is 0 Å². The lowest BCUT2D eigenvalue weighted by Gasteiger charge is -2.25. The van der Waals surface area contributed by atoms with Crippen LogP contribution in [0.2, 0.25) is 0 Å². The van der Waals surface area contributed by atoms with E-state index in [9.17, 15) is 0 Å². The van der Waals surface area contributed by atoms with Crippen molar-refractivity contribution in [3.8, 4) is 0 Å². The van der Waals surface area contributed by atoms with E-state index in [1.165, 1.54) is 46.4 Å². The van der Waals surface area contributed by atoms with E-state index in [2.05, 4.69) is 88.6 Å². The Kier molecular flexibility index (Phi) is 6.87. The van der Waals surface area contributed by atoms with Crippen LogP contribution in [0.25, 0.3) is 5.57 Å². The van der Waals surface area contributed by atoms with Crippen molar-refractivity contribution in [2.45, 2.75) is 53.4 Å². The molecular weight excluding hydrogens is 302 g/mol. The minimum Gasteiger partial charge on any atom is -0.372 e. The Balaban J connectivity index is 2.26. The van der Waals surface area contributed by atoms with Crippen molar-refractivity contribution >= 4 is 11.3 Å². The fourth-order valence-electron chi connectivity index (χ4n) is 3.30. The van der Waals surface area contributed by atoms with Crippen LogP contribution in [0.3, 0.4) is 0 Å². The summed E-state index contributed by atoms with van der Waals surface area (Å²) in [6.45, 7) is 17.7. The number of nitrogens with zero attached hydrogens (tertiary/aromatic N) is 1. The van der Waals surface area contributed by atoms with Crippen molar-refractivity contribution in [2.24, 2.45) is 0 Å². The molecule has 0 amide bonds. The minimum atomic E-state index is 0.320. The SMILES string of the molecule is C=C(c1cccc(N(CCC)CCC)c1)C(C)c1ccc(C)c(C)c1. The number of rotatable bonds is 8. The molecular formula is C24H33N. The van der Waals surface area contributed by atoms with E-state index in [4.69, 9.17) is 0 Å². The third-order valence-corrected chi connectivity index (χ3v) is 5.12. The van der Waals surface area contributed by atoms with Gasteiger partial charge < -0.3 is 4.90 Å². The lowest BCUT2D eigenvalue weighted by Crippen LogP contribution is -2.24. The van der Waals surface area contributed by atoms with Crippen LogP contribution in [0.1, 0.15) is 61.8 Å². The van der Waals surface area contributed by atoms with E-state index >= 15 is 0 Å². The van der Waals surface area contributed by atoms with E-state index in [0.29, 0.717) is 5.92 Å². The molecule has 2 aromatic carbocycles. The smallest absolute Gasteiger partial charge is 0.0372 e. The zero-order valence-corrected chi connectivity index (χ0v) is 16.6. The van der Waals surface area contributed by atoms with Gasteiger partial charge in [0.25, 0.3) is 0 Å². The van der Waals surface area contributed by atoms with E-state index < -0.39 is 0 Å². The Hall–Kier alpha value is -2.02. The third-order valence-electron chi connectivity index (χ3n) is 5.12. The molecule has 0 heterocycles. The molecule has 0 aliphatic rings. The highest BCUT2D eigenvalue weighted by Crippen LogP contribution is 2.33. The number of hydrogen-bond acceptors (Lipinski definition) is 1. The number of hydrogen-bond donors (Lipinski definition) is 0. The van der Waals surface area contributed by atoms with E-state index in [0.717, 1.165) is 13.1 Å². The summed E-state index contributed by atoms with van der Waals surface area (Å²) < 4.78 is 0. The summed E-state index contributed by atoms with van der Waals surface area (Å²) in [5, 5.41) is 0. The van der Waals surface area contributed by atoms with Crippen LogP contribution in [0.15, 0.2) is 49.0 Å². The first-order chi connectivity index (χ1) is 12.0. The van der Waals surface area contributed by atoms with Gasteiger partial charge >= 0.3 is 0 Å². The minimum absolute atomic E-state index is 0.320. The largest absolute Gasteiger partial charge is 0.372 e. The maximum absolute atomic E-state index is 4.43. The Morgan fingerprint density at radius 1 is 0.960 bits per heavy atom. The summed E-state index contributed by atoms with van der Waals surface area (Å²) in [6.07, 6.45) is 2.34. The molecule has 1 nitrogen and oxygen atoms in total. The van der Waals surface area contributed by atoms with Crippen molar-refractivity contribution in [3.63, 3.8) is 0 Å². The Morgan fingerprint density at radius 3 is 2.24 bits per heavy atom. The molecule has 0 saturated heterocycles. The molecule has 0 N–H and O–H groups in total. The fourth-order valence-corrected chi connectivity index (χ4v) is 3.30. The first kappa shape index (κ1) is 19.3. The lowest BCUT2D eigenvalue weighted by molar-refractivity contribution is 0.745. The van der Waals surface area contributed by atoms with Gasteiger partial charge in [-0.05, 0) is 66.6 Å². The third kappa shape index (κ3) is 4.75. The highest BCUT2D eigenvalue weighted by molar-refractivity contribution is 5.72. The standard InChI is InChI=1S/C24H33N/c1-7-14-25(15-8-2)24-11-9-10-22(17-24)20(5)21(6)23-13-12-18(3)19(4)16-23/h9-13,16-17,21H,5,7-8,14-15H2,1-4,6H3. The van der Waals surface area contributed by atoms with Crippen molar-refractivity contribution in [1.82, 2.24) is 0 Å². The molecule has 0 fully saturated rings. The van der Waals surface area contributed by atoms with Gasteiger partial charge in [-0.2, -0.15) is 0 Å². The number of anilines is 1. The average Bonchev–Trinajstić information content (AvgIpc) is 2.62. The lowest BCUT2D eigenvalue weighted by atomic mass is 9.88. The number of aryl methyl sites for hydroxylation is 2. The molecule has 0 bridgehead atoms. The highest BCUT2D eigenvalue weighted by Gasteiger charge is 2.14. The Bertz CT molecular complexity index is 708. The summed E-state index contributed by atoms with van der Waals surface area (Å²) >= 11 is 0. The second-order valence-electron chi connectivity index (χ2n) is 7.13. The summed E-state index contributed by atoms with van der Waals surface area (Å²) in [6, 6.07) is 15.7. The van der Waals surface area contributed by atoms with Crippen LogP contribution in [-0.4, -0.2) is 13.1 Å². The van der Waals surface area contributed by atoms with Crippen LogP contribution in [0.4, 0.5) is 5.69 Å². The quantitative estimate of drug-likeness (QED) is 0.516. The molecule has 1 atom stereocenters. The van der Waals surface area contributed by atoms with Crippen molar-refractivity contribution in [2.75, 3.05) is 18.0 Å². The van der Waals surface area contributed by atoms with E-state index in [1.807, 2.05) is 0 Å². The zero-order valence-electron chi connectivity index (χ0n) is 16.6. The van der Waals surface area contributed by atoms with Crippen LogP contribution in [-0.2, 0) is 0 Å². The predicted octanol–water partition coefficient (Wildman–Crippen LogP) is 6.75. The molecule has 2 rings (SSSR count). The molecule has 1 unspecified atom stereocenters. The van der Waals surface area contributed by atoms with Gasteiger partial charge in [-0.15, -0.1) is 0 Å². The van der Waals surface area contributed by atoms with E-state index in [-0.39, 0.29) is 0 Å². The zero-order chi connectivity index (χ0) is 18.4. The second kappa shape index (κ2) is 8.89. The van der Waals surface area contributed by atoms with Gasteiger partial charge in [-0.1, -0.05) is 57.7 Å².